The Hall–Kier alpha value is -1.58. The van der Waals surface area contributed by atoms with Crippen LogP contribution in [0.4, 0.5) is 0 Å². The zero-order valence-corrected chi connectivity index (χ0v) is 9.49. The fraction of sp³-hybridized carbons (Fsp3) is 0.455. The van der Waals surface area contributed by atoms with Crippen molar-refractivity contribution in [3.8, 4) is 23.0 Å². The maximum Gasteiger partial charge on any atom is 0.165 e. The molecule has 0 saturated heterocycles. The van der Waals surface area contributed by atoms with E-state index in [2.05, 4.69) is 0 Å². The molecule has 15 heavy (non-hydrogen) atoms. The molecule has 0 N–H and O–H groups in total. The Morgan fingerprint density at radius 1 is 0.800 bits per heavy atom. The summed E-state index contributed by atoms with van der Waals surface area (Å²) < 4.78 is 20.9. The van der Waals surface area contributed by atoms with E-state index in [4.69, 9.17) is 18.9 Å². The fourth-order valence-corrected chi connectivity index (χ4v) is 1.27. The maximum absolute atomic E-state index is 5.41. The lowest BCUT2D eigenvalue weighted by Gasteiger charge is -2.13. The van der Waals surface area contributed by atoms with Crippen LogP contribution in [0.3, 0.4) is 0 Å². The summed E-state index contributed by atoms with van der Waals surface area (Å²) in [7, 11) is 4.75. The summed E-state index contributed by atoms with van der Waals surface area (Å²) in [5.41, 5.74) is 0. The van der Waals surface area contributed by atoms with Gasteiger partial charge >= 0.3 is 0 Å². The van der Waals surface area contributed by atoms with Crippen molar-refractivity contribution < 1.29 is 18.9 Å². The first-order valence-electron chi connectivity index (χ1n) is 4.69. The molecule has 0 fully saturated rings. The molecule has 0 aromatic heterocycles. The molecule has 4 nitrogen and oxygen atoms in total. The molecule has 4 heteroatoms. The average Bonchev–Trinajstić information content (AvgIpc) is 2.28. The highest BCUT2D eigenvalue weighted by molar-refractivity contribution is 5.54. The number of hydrogen-bond acceptors (Lipinski definition) is 4. The molecular weight excluding hydrogens is 196 g/mol. The number of hydrogen-bond donors (Lipinski definition) is 0. The van der Waals surface area contributed by atoms with Crippen LogP contribution in [-0.4, -0.2) is 27.9 Å². The van der Waals surface area contributed by atoms with Gasteiger partial charge in [0.25, 0.3) is 0 Å². The van der Waals surface area contributed by atoms with Gasteiger partial charge < -0.3 is 18.9 Å². The van der Waals surface area contributed by atoms with Crippen molar-refractivity contribution in [1.29, 1.82) is 0 Å². The second-order valence-corrected chi connectivity index (χ2v) is 2.79. The first-order chi connectivity index (χ1) is 7.26. The highest BCUT2D eigenvalue weighted by Gasteiger charge is 2.12. The van der Waals surface area contributed by atoms with Crippen LogP contribution in [-0.2, 0) is 0 Å². The quantitative estimate of drug-likeness (QED) is 0.749. The van der Waals surface area contributed by atoms with Crippen molar-refractivity contribution in [2.24, 2.45) is 0 Å². The molecule has 0 atom stereocenters. The Bertz CT molecular complexity index is 323. The summed E-state index contributed by atoms with van der Waals surface area (Å²) in [6.45, 7) is 2.49. The van der Waals surface area contributed by atoms with Crippen molar-refractivity contribution in [2.75, 3.05) is 27.9 Å². The Balaban J connectivity index is 3.15. The molecule has 1 rings (SSSR count). The summed E-state index contributed by atoms with van der Waals surface area (Å²) in [5.74, 6) is 2.53. The molecule has 0 aliphatic carbocycles. The number of rotatable bonds is 5. The van der Waals surface area contributed by atoms with E-state index in [1.807, 2.05) is 6.92 Å². The molecule has 1 aromatic rings. The minimum absolute atomic E-state index is 0.575. The highest BCUT2D eigenvalue weighted by atomic mass is 16.5. The van der Waals surface area contributed by atoms with E-state index in [-0.39, 0.29) is 0 Å². The van der Waals surface area contributed by atoms with Crippen LogP contribution in [0.25, 0.3) is 0 Å². The molecule has 1 aromatic carbocycles. The standard InChI is InChI=1S/C11H16O4/c1-5-15-11-7-9(13-3)8(12-2)6-10(11)14-4/h6-7H,5H2,1-4H3. The smallest absolute Gasteiger partial charge is 0.165 e. The number of methoxy groups -OCH3 is 3. The van der Waals surface area contributed by atoms with Crippen LogP contribution >= 0.6 is 0 Å². The molecule has 0 spiro atoms. The number of ether oxygens (including phenoxy) is 4. The van der Waals surface area contributed by atoms with E-state index in [1.165, 1.54) is 0 Å². The summed E-state index contributed by atoms with van der Waals surface area (Å²) >= 11 is 0. The van der Waals surface area contributed by atoms with Crippen molar-refractivity contribution in [3.05, 3.63) is 12.1 Å². The van der Waals surface area contributed by atoms with Gasteiger partial charge in [-0.05, 0) is 6.92 Å². The first-order valence-corrected chi connectivity index (χ1v) is 4.69. The minimum atomic E-state index is 0.575. The van der Waals surface area contributed by atoms with Crippen molar-refractivity contribution in [3.63, 3.8) is 0 Å². The summed E-state index contributed by atoms with van der Waals surface area (Å²) in [6.07, 6.45) is 0. The van der Waals surface area contributed by atoms with Gasteiger partial charge in [0.1, 0.15) is 0 Å². The van der Waals surface area contributed by atoms with Gasteiger partial charge in [-0.1, -0.05) is 0 Å². The van der Waals surface area contributed by atoms with Crippen LogP contribution in [0, 0.1) is 0 Å². The fourth-order valence-electron chi connectivity index (χ4n) is 1.27. The van der Waals surface area contributed by atoms with Crippen molar-refractivity contribution in [2.45, 2.75) is 6.92 Å². The van der Waals surface area contributed by atoms with Gasteiger partial charge in [-0.25, -0.2) is 0 Å². The van der Waals surface area contributed by atoms with Gasteiger partial charge in [-0.3, -0.25) is 0 Å². The zero-order chi connectivity index (χ0) is 11.3. The van der Waals surface area contributed by atoms with Crippen LogP contribution in [0.5, 0.6) is 23.0 Å². The number of benzene rings is 1. The SMILES string of the molecule is CCOc1cc(OC)c(OC)cc1OC. The third-order valence-corrected chi connectivity index (χ3v) is 1.97. The van der Waals surface area contributed by atoms with Crippen LogP contribution in [0.1, 0.15) is 6.92 Å². The van der Waals surface area contributed by atoms with Gasteiger partial charge in [0, 0.05) is 12.1 Å². The predicted octanol–water partition coefficient (Wildman–Crippen LogP) is 2.11. The average molecular weight is 212 g/mol. The molecule has 0 unspecified atom stereocenters. The zero-order valence-electron chi connectivity index (χ0n) is 9.49. The molecular formula is C11H16O4. The van der Waals surface area contributed by atoms with E-state index in [1.54, 1.807) is 33.5 Å². The summed E-state index contributed by atoms with van der Waals surface area (Å²) in [5, 5.41) is 0. The van der Waals surface area contributed by atoms with Gasteiger partial charge in [-0.2, -0.15) is 0 Å². The normalized spacial score (nSPS) is 9.60. The van der Waals surface area contributed by atoms with Crippen molar-refractivity contribution in [1.82, 2.24) is 0 Å². The van der Waals surface area contributed by atoms with Crippen molar-refractivity contribution >= 4 is 0 Å². The lowest BCUT2D eigenvalue weighted by molar-refractivity contribution is 0.301. The summed E-state index contributed by atoms with van der Waals surface area (Å²) in [4.78, 5) is 0. The molecule has 84 valence electrons. The van der Waals surface area contributed by atoms with Gasteiger partial charge in [0.05, 0.1) is 27.9 Å². The van der Waals surface area contributed by atoms with E-state index >= 15 is 0 Å². The Labute approximate surface area is 89.7 Å². The molecule has 0 bridgehead atoms. The highest BCUT2D eigenvalue weighted by Crippen LogP contribution is 2.39. The second-order valence-electron chi connectivity index (χ2n) is 2.79. The lowest BCUT2D eigenvalue weighted by atomic mass is 10.2. The second kappa shape index (κ2) is 5.34. The maximum atomic E-state index is 5.41. The van der Waals surface area contributed by atoms with E-state index < -0.39 is 0 Å². The van der Waals surface area contributed by atoms with E-state index in [0.29, 0.717) is 29.6 Å². The molecule has 0 heterocycles. The summed E-state index contributed by atoms with van der Waals surface area (Å²) in [6, 6.07) is 3.49. The van der Waals surface area contributed by atoms with Gasteiger partial charge in [-0.15, -0.1) is 0 Å². The molecule has 0 radical (unpaired) electrons. The topological polar surface area (TPSA) is 36.9 Å². The molecule has 0 aliphatic rings. The minimum Gasteiger partial charge on any atom is -0.493 e. The molecule has 0 saturated carbocycles. The van der Waals surface area contributed by atoms with Crippen LogP contribution < -0.4 is 18.9 Å². The third-order valence-electron chi connectivity index (χ3n) is 1.97. The Morgan fingerprint density at radius 2 is 1.20 bits per heavy atom. The van der Waals surface area contributed by atoms with Gasteiger partial charge in [0.15, 0.2) is 23.0 Å². The van der Waals surface area contributed by atoms with E-state index in [0.717, 1.165) is 0 Å². The third kappa shape index (κ3) is 2.46. The largest absolute Gasteiger partial charge is 0.493 e. The Morgan fingerprint density at radius 3 is 1.60 bits per heavy atom. The van der Waals surface area contributed by atoms with Crippen LogP contribution in [0.15, 0.2) is 12.1 Å². The first kappa shape index (κ1) is 11.5. The molecule has 0 amide bonds. The van der Waals surface area contributed by atoms with Crippen LogP contribution in [0.2, 0.25) is 0 Å². The monoisotopic (exact) mass is 212 g/mol. The predicted molar refractivity (Wildman–Crippen MR) is 57.3 cm³/mol. The van der Waals surface area contributed by atoms with Gasteiger partial charge in [0.2, 0.25) is 0 Å². The van der Waals surface area contributed by atoms with E-state index in [9.17, 15) is 0 Å². The Kier molecular flexibility index (Phi) is 4.09. The molecule has 0 aliphatic heterocycles. The lowest BCUT2D eigenvalue weighted by Crippen LogP contribution is -1.98.